The summed E-state index contributed by atoms with van der Waals surface area (Å²) in [6, 6.07) is 0. The Balaban J connectivity index is 1.93. The second-order valence-corrected chi connectivity index (χ2v) is 3.85. The molecule has 5 nitrogen and oxygen atoms in total. The fraction of sp³-hybridized carbons (Fsp3) is 0.889. The second-order valence-electron chi connectivity index (χ2n) is 3.85. The van der Waals surface area contributed by atoms with E-state index in [4.69, 9.17) is 10.5 Å². The van der Waals surface area contributed by atoms with E-state index in [2.05, 4.69) is 5.01 Å². The second kappa shape index (κ2) is 4.25. The van der Waals surface area contributed by atoms with Crippen molar-refractivity contribution < 1.29 is 9.53 Å². The maximum Gasteiger partial charge on any atom is 0.237 e. The first kappa shape index (κ1) is 9.89. The van der Waals surface area contributed by atoms with E-state index in [9.17, 15) is 4.79 Å². The third kappa shape index (κ3) is 1.89. The molecule has 1 amide bonds. The third-order valence-corrected chi connectivity index (χ3v) is 2.84. The number of nitrogens with zero attached hydrogens (tertiary/aromatic N) is 2. The molecule has 0 aliphatic carbocycles. The number of hydrazine groups is 1. The van der Waals surface area contributed by atoms with E-state index in [1.165, 1.54) is 0 Å². The standard InChI is InChI=1S/C9H17N3O2/c10-6-8-5-9(13)12(7-8)11-1-3-14-4-2-11/h8H,1-7,10H2. The van der Waals surface area contributed by atoms with Crippen LogP contribution >= 0.6 is 0 Å². The fourth-order valence-corrected chi connectivity index (χ4v) is 1.99. The lowest BCUT2D eigenvalue weighted by Gasteiger charge is -2.34. The number of carbonyl (C=O) groups excluding carboxylic acids is 1. The minimum absolute atomic E-state index is 0.211. The van der Waals surface area contributed by atoms with Gasteiger partial charge >= 0.3 is 0 Å². The lowest BCUT2D eigenvalue weighted by atomic mass is 10.1. The summed E-state index contributed by atoms with van der Waals surface area (Å²) in [5.41, 5.74) is 5.57. The highest BCUT2D eigenvalue weighted by atomic mass is 16.5. The van der Waals surface area contributed by atoms with Crippen LogP contribution in [0.1, 0.15) is 6.42 Å². The van der Waals surface area contributed by atoms with Gasteiger partial charge in [-0.1, -0.05) is 0 Å². The average molecular weight is 199 g/mol. The topological polar surface area (TPSA) is 58.8 Å². The molecule has 2 aliphatic heterocycles. The van der Waals surface area contributed by atoms with Gasteiger partial charge in [-0.25, -0.2) is 5.01 Å². The van der Waals surface area contributed by atoms with Crippen LogP contribution in [-0.2, 0) is 9.53 Å². The van der Waals surface area contributed by atoms with Crippen molar-refractivity contribution in [1.82, 2.24) is 10.0 Å². The molecule has 2 heterocycles. The Morgan fingerprint density at radius 2 is 2.14 bits per heavy atom. The molecule has 0 aromatic rings. The highest BCUT2D eigenvalue weighted by Crippen LogP contribution is 2.19. The monoisotopic (exact) mass is 199 g/mol. The molecule has 0 spiro atoms. The first-order chi connectivity index (χ1) is 6.81. The summed E-state index contributed by atoms with van der Waals surface area (Å²) in [7, 11) is 0. The average Bonchev–Trinajstić information content (AvgIpc) is 2.61. The van der Waals surface area contributed by atoms with Crippen LogP contribution in [0.4, 0.5) is 0 Å². The zero-order valence-corrected chi connectivity index (χ0v) is 8.32. The molecule has 0 aromatic carbocycles. The lowest BCUT2D eigenvalue weighted by molar-refractivity contribution is -0.150. The van der Waals surface area contributed by atoms with E-state index in [0.29, 0.717) is 18.9 Å². The van der Waals surface area contributed by atoms with Gasteiger partial charge in [-0.15, -0.1) is 0 Å². The van der Waals surface area contributed by atoms with E-state index in [1.54, 1.807) is 0 Å². The quantitative estimate of drug-likeness (QED) is 0.622. The van der Waals surface area contributed by atoms with Gasteiger partial charge in [0.1, 0.15) is 0 Å². The number of nitrogens with two attached hydrogens (primary N) is 1. The van der Waals surface area contributed by atoms with Crippen molar-refractivity contribution in [2.24, 2.45) is 11.7 Å². The summed E-state index contributed by atoms with van der Waals surface area (Å²) < 4.78 is 5.24. The number of rotatable bonds is 2. The Hall–Kier alpha value is -0.650. The van der Waals surface area contributed by atoms with Gasteiger partial charge < -0.3 is 10.5 Å². The van der Waals surface area contributed by atoms with Crippen LogP contribution in [0.5, 0.6) is 0 Å². The third-order valence-electron chi connectivity index (χ3n) is 2.84. The van der Waals surface area contributed by atoms with Crippen molar-refractivity contribution in [2.45, 2.75) is 6.42 Å². The molecule has 0 aromatic heterocycles. The van der Waals surface area contributed by atoms with Gasteiger partial charge in [-0.05, 0) is 12.5 Å². The van der Waals surface area contributed by atoms with Gasteiger partial charge in [-0.3, -0.25) is 9.80 Å². The molecule has 2 rings (SSSR count). The first-order valence-electron chi connectivity index (χ1n) is 5.14. The normalized spacial score (nSPS) is 29.9. The minimum atomic E-state index is 0.211. The van der Waals surface area contributed by atoms with Crippen molar-refractivity contribution in [1.29, 1.82) is 0 Å². The lowest BCUT2D eigenvalue weighted by Crippen LogP contribution is -2.49. The van der Waals surface area contributed by atoms with E-state index >= 15 is 0 Å². The van der Waals surface area contributed by atoms with Crippen LogP contribution in [0.2, 0.25) is 0 Å². The van der Waals surface area contributed by atoms with Gasteiger partial charge in [0.25, 0.3) is 0 Å². The Bertz CT molecular complexity index is 216. The van der Waals surface area contributed by atoms with E-state index in [0.717, 1.165) is 32.8 Å². The Kier molecular flexibility index (Phi) is 3.00. The predicted octanol–water partition coefficient (Wildman–Crippen LogP) is -0.959. The molecule has 5 heteroatoms. The van der Waals surface area contributed by atoms with Crippen LogP contribution in [0, 0.1) is 5.92 Å². The predicted molar refractivity (Wildman–Crippen MR) is 51.3 cm³/mol. The molecule has 1 atom stereocenters. The zero-order valence-electron chi connectivity index (χ0n) is 8.32. The molecule has 0 saturated carbocycles. The van der Waals surface area contributed by atoms with Crippen LogP contribution in [0.25, 0.3) is 0 Å². The van der Waals surface area contributed by atoms with E-state index < -0.39 is 0 Å². The Morgan fingerprint density at radius 1 is 1.43 bits per heavy atom. The maximum absolute atomic E-state index is 11.6. The van der Waals surface area contributed by atoms with Crippen molar-refractivity contribution in [3.63, 3.8) is 0 Å². The van der Waals surface area contributed by atoms with Gasteiger partial charge in [0, 0.05) is 26.1 Å². The number of ether oxygens (including phenoxy) is 1. The van der Waals surface area contributed by atoms with E-state index in [1.807, 2.05) is 5.01 Å². The van der Waals surface area contributed by atoms with Crippen molar-refractivity contribution in [3.8, 4) is 0 Å². The molecule has 80 valence electrons. The summed E-state index contributed by atoms with van der Waals surface area (Å²) in [5.74, 6) is 0.549. The first-order valence-corrected chi connectivity index (χ1v) is 5.14. The summed E-state index contributed by atoms with van der Waals surface area (Å²) in [4.78, 5) is 11.6. The molecule has 0 radical (unpaired) electrons. The zero-order chi connectivity index (χ0) is 9.97. The summed E-state index contributed by atoms with van der Waals surface area (Å²) in [6.45, 7) is 4.47. The number of morpholine rings is 1. The summed E-state index contributed by atoms with van der Waals surface area (Å²) >= 11 is 0. The molecule has 1 unspecified atom stereocenters. The number of amides is 1. The summed E-state index contributed by atoms with van der Waals surface area (Å²) in [5, 5.41) is 3.93. The molecular weight excluding hydrogens is 182 g/mol. The number of carbonyl (C=O) groups is 1. The highest BCUT2D eigenvalue weighted by molar-refractivity contribution is 5.78. The summed E-state index contributed by atoms with van der Waals surface area (Å²) in [6.07, 6.45) is 0.605. The molecule has 2 N–H and O–H groups in total. The van der Waals surface area contributed by atoms with Crippen LogP contribution in [0.3, 0.4) is 0 Å². The molecule has 2 fully saturated rings. The van der Waals surface area contributed by atoms with E-state index in [-0.39, 0.29) is 5.91 Å². The fourth-order valence-electron chi connectivity index (χ4n) is 1.99. The van der Waals surface area contributed by atoms with Crippen LogP contribution in [0.15, 0.2) is 0 Å². The smallest absolute Gasteiger partial charge is 0.237 e. The van der Waals surface area contributed by atoms with Crippen molar-refractivity contribution in [3.05, 3.63) is 0 Å². The van der Waals surface area contributed by atoms with Crippen molar-refractivity contribution in [2.75, 3.05) is 39.4 Å². The highest BCUT2D eigenvalue weighted by Gasteiger charge is 2.33. The number of hydrogen-bond donors (Lipinski definition) is 1. The van der Waals surface area contributed by atoms with Gasteiger partial charge in [-0.2, -0.15) is 0 Å². The van der Waals surface area contributed by atoms with Gasteiger partial charge in [0.15, 0.2) is 0 Å². The minimum Gasteiger partial charge on any atom is -0.379 e. The van der Waals surface area contributed by atoms with Crippen LogP contribution < -0.4 is 5.73 Å². The number of hydrogen-bond acceptors (Lipinski definition) is 4. The van der Waals surface area contributed by atoms with Gasteiger partial charge in [0.2, 0.25) is 5.91 Å². The maximum atomic E-state index is 11.6. The molecule has 2 saturated heterocycles. The largest absolute Gasteiger partial charge is 0.379 e. The molecule has 2 aliphatic rings. The van der Waals surface area contributed by atoms with Gasteiger partial charge in [0.05, 0.1) is 13.2 Å². The Labute approximate surface area is 83.8 Å². The van der Waals surface area contributed by atoms with Crippen molar-refractivity contribution >= 4 is 5.91 Å². The molecule has 0 bridgehead atoms. The molecular formula is C9H17N3O2. The Morgan fingerprint density at radius 3 is 2.71 bits per heavy atom. The molecule has 14 heavy (non-hydrogen) atoms. The SMILES string of the molecule is NCC1CC(=O)N(N2CCOCC2)C1. The van der Waals surface area contributed by atoms with Crippen LogP contribution in [-0.4, -0.2) is 55.3 Å².